The third-order valence-electron chi connectivity index (χ3n) is 6.18. The van der Waals surface area contributed by atoms with Crippen LogP contribution in [0.15, 0.2) is 18.2 Å². The van der Waals surface area contributed by atoms with Crippen LogP contribution in [-0.4, -0.2) is 31.6 Å². The van der Waals surface area contributed by atoms with Gasteiger partial charge in [-0.05, 0) is 43.2 Å². The van der Waals surface area contributed by atoms with E-state index in [1.807, 2.05) is 6.92 Å². The number of rotatable bonds is 3. The van der Waals surface area contributed by atoms with Gasteiger partial charge < -0.3 is 14.2 Å². The maximum absolute atomic E-state index is 14.6. The Balaban J connectivity index is 1.46. The molecular weight excluding hydrogens is 478 g/mol. The van der Waals surface area contributed by atoms with Crippen molar-refractivity contribution in [3.63, 3.8) is 0 Å². The Kier molecular flexibility index (Phi) is 7.29. The van der Waals surface area contributed by atoms with E-state index in [2.05, 4.69) is 0 Å². The minimum Gasteiger partial charge on any atom is -0.426 e. The smallest absolute Gasteiger partial charge is 0.426 e. The van der Waals surface area contributed by atoms with Gasteiger partial charge in [-0.25, -0.2) is 13.2 Å². The molecule has 1 aliphatic heterocycles. The summed E-state index contributed by atoms with van der Waals surface area (Å²) in [7, 11) is 0. The van der Waals surface area contributed by atoms with Crippen molar-refractivity contribution in [2.45, 2.75) is 45.1 Å². The third-order valence-corrected chi connectivity index (χ3v) is 6.18. The Morgan fingerprint density at radius 3 is 2.29 bits per heavy atom. The van der Waals surface area contributed by atoms with Crippen molar-refractivity contribution in [3.8, 4) is 17.6 Å². The molecule has 2 aromatic carbocycles. The molecule has 0 unspecified atom stereocenters. The van der Waals surface area contributed by atoms with Gasteiger partial charge in [-0.15, -0.1) is 0 Å². The number of hydrogen-bond donors (Lipinski definition) is 0. The van der Waals surface area contributed by atoms with E-state index in [4.69, 9.17) is 14.2 Å². The second kappa shape index (κ2) is 10.1. The van der Waals surface area contributed by atoms with E-state index in [0.29, 0.717) is 50.9 Å². The molecule has 35 heavy (non-hydrogen) atoms. The molecule has 2 aromatic rings. The zero-order valence-corrected chi connectivity index (χ0v) is 18.7. The van der Waals surface area contributed by atoms with E-state index >= 15 is 0 Å². The summed E-state index contributed by atoms with van der Waals surface area (Å²) in [5.41, 5.74) is -1.20. The number of carbonyl (C=O) groups excluding carboxylic acids is 1. The van der Waals surface area contributed by atoms with Crippen LogP contribution >= 0.6 is 0 Å². The monoisotopic (exact) mass is 500 g/mol. The van der Waals surface area contributed by atoms with Crippen molar-refractivity contribution < 1.29 is 45.3 Å². The molecule has 4 nitrogen and oxygen atoms in total. The second-order valence-electron chi connectivity index (χ2n) is 8.97. The van der Waals surface area contributed by atoms with E-state index in [-0.39, 0.29) is 23.3 Å². The first-order chi connectivity index (χ1) is 16.5. The molecule has 0 N–H and O–H groups in total. The van der Waals surface area contributed by atoms with Crippen molar-refractivity contribution in [2.24, 2.45) is 17.8 Å². The van der Waals surface area contributed by atoms with Crippen molar-refractivity contribution in [1.29, 1.82) is 0 Å². The number of fused-ring (bicyclic) bond motifs is 1. The fourth-order valence-electron chi connectivity index (χ4n) is 4.41. The Hall–Kier alpha value is -2.77. The molecule has 2 fully saturated rings. The van der Waals surface area contributed by atoms with Crippen LogP contribution in [0.4, 0.5) is 26.3 Å². The van der Waals surface area contributed by atoms with E-state index in [0.717, 1.165) is 18.1 Å². The number of carbonyl (C=O) groups is 1. The van der Waals surface area contributed by atoms with E-state index in [9.17, 15) is 31.1 Å². The summed E-state index contributed by atoms with van der Waals surface area (Å²) < 4.78 is 97.1. The number of halogens is 6. The molecule has 0 amide bonds. The first-order valence-electron chi connectivity index (χ1n) is 11.2. The molecule has 1 saturated heterocycles. The maximum Gasteiger partial charge on any atom is 0.458 e. The highest BCUT2D eigenvalue weighted by Gasteiger charge is 2.34. The molecule has 188 valence electrons. The summed E-state index contributed by atoms with van der Waals surface area (Å²) >= 11 is 0. The third kappa shape index (κ3) is 5.90. The SMILES string of the molecule is CC1COC(C2CCC(C(=O)Oc3cc(F)c4c(F)c(C#CC(F)(F)F)c(F)cc4c3)CC2)OC1. The number of alkyl halides is 3. The Morgan fingerprint density at radius 1 is 1.00 bits per heavy atom. The van der Waals surface area contributed by atoms with Crippen molar-refractivity contribution >= 4 is 16.7 Å². The summed E-state index contributed by atoms with van der Waals surface area (Å²) in [5.74, 6) is -2.86. The van der Waals surface area contributed by atoms with E-state index in [1.54, 1.807) is 0 Å². The predicted molar refractivity (Wildman–Crippen MR) is 113 cm³/mol. The number of benzene rings is 2. The van der Waals surface area contributed by atoms with Gasteiger partial charge in [0.05, 0.1) is 30.1 Å². The van der Waals surface area contributed by atoms with Gasteiger partial charge in [0.25, 0.3) is 0 Å². The lowest BCUT2D eigenvalue weighted by molar-refractivity contribution is -0.227. The van der Waals surface area contributed by atoms with Crippen LogP contribution in [0, 0.1) is 47.0 Å². The van der Waals surface area contributed by atoms with Gasteiger partial charge >= 0.3 is 12.1 Å². The minimum atomic E-state index is -4.97. The van der Waals surface area contributed by atoms with Crippen LogP contribution in [0.1, 0.15) is 38.2 Å². The summed E-state index contributed by atoms with van der Waals surface area (Å²) in [4.78, 5) is 12.6. The highest BCUT2D eigenvalue weighted by Crippen LogP contribution is 2.36. The average Bonchev–Trinajstić information content (AvgIpc) is 2.78. The van der Waals surface area contributed by atoms with Crippen LogP contribution in [0.25, 0.3) is 10.8 Å². The summed E-state index contributed by atoms with van der Waals surface area (Å²) in [6, 6.07) is 2.44. The molecule has 10 heteroatoms. The highest BCUT2D eigenvalue weighted by atomic mass is 19.4. The van der Waals surface area contributed by atoms with Crippen molar-refractivity contribution in [2.75, 3.05) is 13.2 Å². The fraction of sp³-hybridized carbons (Fsp3) is 0.480. The molecule has 0 spiro atoms. The lowest BCUT2D eigenvalue weighted by atomic mass is 9.81. The molecule has 4 rings (SSSR count). The zero-order valence-electron chi connectivity index (χ0n) is 18.7. The van der Waals surface area contributed by atoms with Gasteiger partial charge in [0, 0.05) is 23.8 Å². The van der Waals surface area contributed by atoms with Crippen LogP contribution in [0.2, 0.25) is 0 Å². The molecule has 0 aromatic heterocycles. The van der Waals surface area contributed by atoms with Gasteiger partial charge in [0.2, 0.25) is 0 Å². The fourth-order valence-corrected chi connectivity index (χ4v) is 4.41. The first kappa shape index (κ1) is 25.3. The molecule has 2 aliphatic rings. The predicted octanol–water partition coefficient (Wildman–Crippen LogP) is 5.89. The zero-order chi connectivity index (χ0) is 25.3. The summed E-state index contributed by atoms with van der Waals surface area (Å²) in [5, 5.41) is -1.06. The lowest BCUT2D eigenvalue weighted by Gasteiger charge is -2.36. The Morgan fingerprint density at radius 2 is 1.66 bits per heavy atom. The van der Waals surface area contributed by atoms with Gasteiger partial charge in [0.1, 0.15) is 17.4 Å². The van der Waals surface area contributed by atoms with Gasteiger partial charge in [-0.3, -0.25) is 4.79 Å². The second-order valence-corrected chi connectivity index (χ2v) is 8.97. The van der Waals surface area contributed by atoms with Crippen LogP contribution in [0.3, 0.4) is 0 Å². The van der Waals surface area contributed by atoms with Gasteiger partial charge in [-0.2, -0.15) is 13.2 Å². The minimum absolute atomic E-state index is 0.158. The van der Waals surface area contributed by atoms with E-state index < -0.39 is 46.5 Å². The molecule has 0 atom stereocenters. The summed E-state index contributed by atoms with van der Waals surface area (Å²) in [6.07, 6.45) is -2.87. The molecule has 1 heterocycles. The highest BCUT2D eigenvalue weighted by molar-refractivity contribution is 5.87. The standard InChI is InChI=1S/C25H22F6O4/c1-13-11-33-24(34-12-13)15-4-2-14(3-5-15)23(32)35-17-8-16-9-19(26)18(6-7-25(29,30)31)22(28)21(16)20(27)10-17/h8-10,13-15,24H,2-5,11-12H2,1H3. The van der Waals surface area contributed by atoms with E-state index in [1.165, 1.54) is 5.92 Å². The van der Waals surface area contributed by atoms with Gasteiger partial charge in [-0.1, -0.05) is 12.8 Å². The molecular formula is C25H22F6O4. The quantitative estimate of drug-likeness (QED) is 0.228. The number of esters is 1. The van der Waals surface area contributed by atoms with Crippen molar-refractivity contribution in [3.05, 3.63) is 41.2 Å². The van der Waals surface area contributed by atoms with Crippen LogP contribution in [-0.2, 0) is 14.3 Å². The normalized spacial score (nSPS) is 25.1. The molecule has 0 bridgehead atoms. The maximum atomic E-state index is 14.6. The van der Waals surface area contributed by atoms with Crippen LogP contribution in [0.5, 0.6) is 5.75 Å². The molecule has 1 aliphatic carbocycles. The Bertz CT molecular complexity index is 1170. The number of ether oxygens (including phenoxy) is 3. The Labute approximate surface area is 197 Å². The number of hydrogen-bond acceptors (Lipinski definition) is 4. The molecule has 0 radical (unpaired) electrons. The molecule has 1 saturated carbocycles. The van der Waals surface area contributed by atoms with Crippen molar-refractivity contribution in [1.82, 2.24) is 0 Å². The van der Waals surface area contributed by atoms with Crippen LogP contribution < -0.4 is 4.74 Å². The largest absolute Gasteiger partial charge is 0.458 e. The van der Waals surface area contributed by atoms with Gasteiger partial charge in [0.15, 0.2) is 12.1 Å². The topological polar surface area (TPSA) is 44.8 Å². The lowest BCUT2D eigenvalue weighted by Crippen LogP contribution is -2.38. The summed E-state index contributed by atoms with van der Waals surface area (Å²) in [6.45, 7) is 3.28. The first-order valence-corrected chi connectivity index (χ1v) is 11.2. The average molecular weight is 500 g/mol.